The SMILES string of the molecule is COCC(CNCC(C)C)N(C)C. The highest BCUT2D eigenvalue weighted by molar-refractivity contribution is 4.68. The van der Waals surface area contributed by atoms with Gasteiger partial charge in [-0.1, -0.05) is 13.8 Å². The van der Waals surface area contributed by atoms with Crippen LogP contribution in [0, 0.1) is 5.92 Å². The fourth-order valence-corrected chi connectivity index (χ4v) is 1.12. The van der Waals surface area contributed by atoms with Gasteiger partial charge in [0.2, 0.25) is 0 Å². The second-order valence-corrected chi connectivity index (χ2v) is 4.12. The third-order valence-electron chi connectivity index (χ3n) is 2.02. The van der Waals surface area contributed by atoms with Crippen LogP contribution in [0.5, 0.6) is 0 Å². The van der Waals surface area contributed by atoms with Gasteiger partial charge in [-0.15, -0.1) is 0 Å². The predicted octanol–water partition coefficient (Wildman–Crippen LogP) is 0.809. The summed E-state index contributed by atoms with van der Waals surface area (Å²) < 4.78 is 5.14. The van der Waals surface area contributed by atoms with Gasteiger partial charge in [-0.25, -0.2) is 0 Å². The van der Waals surface area contributed by atoms with Gasteiger partial charge in [-0.2, -0.15) is 0 Å². The van der Waals surface area contributed by atoms with Crippen molar-refractivity contribution in [2.24, 2.45) is 5.92 Å². The van der Waals surface area contributed by atoms with Crippen LogP contribution in [0.1, 0.15) is 13.8 Å². The van der Waals surface area contributed by atoms with E-state index >= 15 is 0 Å². The molecule has 0 radical (unpaired) electrons. The van der Waals surface area contributed by atoms with Gasteiger partial charge in [0, 0.05) is 19.7 Å². The maximum absolute atomic E-state index is 5.14. The topological polar surface area (TPSA) is 24.5 Å². The Morgan fingerprint density at radius 3 is 2.23 bits per heavy atom. The lowest BCUT2D eigenvalue weighted by atomic mass is 10.2. The molecule has 0 aromatic carbocycles. The molecule has 0 aromatic heterocycles. The molecule has 0 heterocycles. The standard InChI is InChI=1S/C10H24N2O/c1-9(2)6-11-7-10(8-13-5)12(3)4/h9-11H,6-8H2,1-5H3. The molecule has 0 spiro atoms. The molecule has 0 aromatic rings. The Balaban J connectivity index is 3.57. The quantitative estimate of drug-likeness (QED) is 0.640. The van der Waals surface area contributed by atoms with Gasteiger partial charge >= 0.3 is 0 Å². The first kappa shape index (κ1) is 12.9. The molecule has 1 unspecified atom stereocenters. The van der Waals surface area contributed by atoms with Gasteiger partial charge in [0.15, 0.2) is 0 Å². The van der Waals surface area contributed by atoms with Crippen LogP contribution in [0.4, 0.5) is 0 Å². The van der Waals surface area contributed by atoms with E-state index in [-0.39, 0.29) is 0 Å². The van der Waals surface area contributed by atoms with E-state index < -0.39 is 0 Å². The fraction of sp³-hybridized carbons (Fsp3) is 1.00. The van der Waals surface area contributed by atoms with E-state index in [1.165, 1.54) is 0 Å². The molecule has 0 saturated heterocycles. The molecule has 0 saturated carbocycles. The number of methoxy groups -OCH3 is 1. The third-order valence-corrected chi connectivity index (χ3v) is 2.02. The lowest BCUT2D eigenvalue weighted by Gasteiger charge is -2.24. The molecule has 0 amide bonds. The Labute approximate surface area is 82.4 Å². The van der Waals surface area contributed by atoms with Crippen molar-refractivity contribution in [2.45, 2.75) is 19.9 Å². The predicted molar refractivity (Wildman–Crippen MR) is 57.1 cm³/mol. The lowest BCUT2D eigenvalue weighted by molar-refractivity contribution is 0.119. The van der Waals surface area contributed by atoms with Crippen molar-refractivity contribution in [3.8, 4) is 0 Å². The van der Waals surface area contributed by atoms with Gasteiger partial charge < -0.3 is 15.0 Å². The van der Waals surface area contributed by atoms with E-state index in [0.717, 1.165) is 19.7 Å². The van der Waals surface area contributed by atoms with Crippen molar-refractivity contribution in [1.29, 1.82) is 0 Å². The molecule has 1 atom stereocenters. The smallest absolute Gasteiger partial charge is 0.0630 e. The van der Waals surface area contributed by atoms with Crippen molar-refractivity contribution < 1.29 is 4.74 Å². The summed E-state index contributed by atoms with van der Waals surface area (Å²) in [4.78, 5) is 2.19. The molecule has 0 fully saturated rings. The van der Waals surface area contributed by atoms with Crippen LogP contribution in [0.15, 0.2) is 0 Å². The molecule has 1 N–H and O–H groups in total. The van der Waals surface area contributed by atoms with Gasteiger partial charge in [0.05, 0.1) is 6.61 Å². The zero-order valence-corrected chi connectivity index (χ0v) is 9.63. The largest absolute Gasteiger partial charge is 0.383 e. The fourth-order valence-electron chi connectivity index (χ4n) is 1.12. The van der Waals surface area contributed by atoms with Gasteiger partial charge in [-0.05, 0) is 26.6 Å². The summed E-state index contributed by atoms with van der Waals surface area (Å²) in [5.74, 6) is 0.713. The highest BCUT2D eigenvalue weighted by atomic mass is 16.5. The summed E-state index contributed by atoms with van der Waals surface area (Å²) in [6.45, 7) is 7.30. The van der Waals surface area contributed by atoms with E-state index in [4.69, 9.17) is 4.74 Å². The second kappa shape index (κ2) is 7.30. The monoisotopic (exact) mass is 188 g/mol. The molecule has 80 valence electrons. The van der Waals surface area contributed by atoms with Crippen molar-refractivity contribution >= 4 is 0 Å². The average Bonchev–Trinajstić information content (AvgIpc) is 2.02. The van der Waals surface area contributed by atoms with Gasteiger partial charge in [0.1, 0.15) is 0 Å². The van der Waals surface area contributed by atoms with Crippen LogP contribution < -0.4 is 5.32 Å². The van der Waals surface area contributed by atoms with E-state index in [9.17, 15) is 0 Å². The highest BCUT2D eigenvalue weighted by Crippen LogP contribution is 1.93. The molecule has 0 aliphatic carbocycles. The summed E-state index contributed by atoms with van der Waals surface area (Å²) in [6, 6.07) is 0.476. The van der Waals surface area contributed by atoms with Crippen LogP contribution in [0.25, 0.3) is 0 Å². The molecular weight excluding hydrogens is 164 g/mol. The molecule has 13 heavy (non-hydrogen) atoms. The molecule has 3 heteroatoms. The minimum atomic E-state index is 0.476. The average molecular weight is 188 g/mol. The highest BCUT2D eigenvalue weighted by Gasteiger charge is 2.09. The van der Waals surface area contributed by atoms with Gasteiger partial charge in [0.25, 0.3) is 0 Å². The Hall–Kier alpha value is -0.120. The number of ether oxygens (including phenoxy) is 1. The minimum Gasteiger partial charge on any atom is -0.383 e. The Bertz CT molecular complexity index is 115. The lowest BCUT2D eigenvalue weighted by Crippen LogP contribution is -2.41. The van der Waals surface area contributed by atoms with E-state index in [0.29, 0.717) is 12.0 Å². The van der Waals surface area contributed by atoms with Crippen LogP contribution in [0.2, 0.25) is 0 Å². The summed E-state index contributed by atoms with van der Waals surface area (Å²) in [7, 11) is 5.92. The summed E-state index contributed by atoms with van der Waals surface area (Å²) in [6.07, 6.45) is 0. The maximum atomic E-state index is 5.14. The molecular formula is C10H24N2O. The number of nitrogens with one attached hydrogen (secondary N) is 1. The molecule has 0 aliphatic heterocycles. The molecule has 0 bridgehead atoms. The second-order valence-electron chi connectivity index (χ2n) is 4.12. The van der Waals surface area contributed by atoms with E-state index in [1.807, 2.05) is 0 Å². The Kier molecular flexibility index (Phi) is 7.23. The van der Waals surface area contributed by atoms with Crippen LogP contribution in [-0.4, -0.2) is 51.8 Å². The number of hydrogen-bond acceptors (Lipinski definition) is 3. The van der Waals surface area contributed by atoms with Crippen molar-refractivity contribution in [3.05, 3.63) is 0 Å². The third kappa shape index (κ3) is 6.99. The van der Waals surface area contributed by atoms with Crippen molar-refractivity contribution in [1.82, 2.24) is 10.2 Å². The molecule has 0 rings (SSSR count). The number of likely N-dealkylation sites (N-methyl/N-ethyl adjacent to an activating group) is 1. The van der Waals surface area contributed by atoms with Crippen molar-refractivity contribution in [2.75, 3.05) is 40.9 Å². The Morgan fingerprint density at radius 2 is 1.85 bits per heavy atom. The Morgan fingerprint density at radius 1 is 1.23 bits per heavy atom. The van der Waals surface area contributed by atoms with E-state index in [2.05, 4.69) is 38.2 Å². The first-order chi connectivity index (χ1) is 6.07. The zero-order chi connectivity index (χ0) is 10.3. The van der Waals surface area contributed by atoms with Crippen LogP contribution >= 0.6 is 0 Å². The number of nitrogens with zero attached hydrogens (tertiary/aromatic N) is 1. The van der Waals surface area contributed by atoms with E-state index in [1.54, 1.807) is 7.11 Å². The normalized spacial score (nSPS) is 14.1. The maximum Gasteiger partial charge on any atom is 0.0630 e. The van der Waals surface area contributed by atoms with Crippen LogP contribution in [0.3, 0.4) is 0 Å². The van der Waals surface area contributed by atoms with Crippen molar-refractivity contribution in [3.63, 3.8) is 0 Å². The minimum absolute atomic E-state index is 0.476. The van der Waals surface area contributed by atoms with Crippen LogP contribution in [-0.2, 0) is 4.74 Å². The summed E-state index contributed by atoms with van der Waals surface area (Å²) in [5.41, 5.74) is 0. The molecule has 3 nitrogen and oxygen atoms in total. The molecule has 0 aliphatic rings. The van der Waals surface area contributed by atoms with Gasteiger partial charge in [-0.3, -0.25) is 0 Å². The zero-order valence-electron chi connectivity index (χ0n) is 9.63. The first-order valence-corrected chi connectivity index (χ1v) is 4.94. The number of hydrogen-bond donors (Lipinski definition) is 1. The number of rotatable bonds is 7. The first-order valence-electron chi connectivity index (χ1n) is 4.94. The summed E-state index contributed by atoms with van der Waals surface area (Å²) >= 11 is 0. The summed E-state index contributed by atoms with van der Waals surface area (Å²) in [5, 5.41) is 3.43.